The van der Waals surface area contributed by atoms with Crippen LogP contribution in [0.2, 0.25) is 0 Å². The molecule has 0 aromatic heterocycles. The number of thioether (sulfide) groups is 1. The first-order valence-corrected chi connectivity index (χ1v) is 8.72. The van der Waals surface area contributed by atoms with E-state index >= 15 is 0 Å². The van der Waals surface area contributed by atoms with Crippen molar-refractivity contribution in [2.75, 3.05) is 25.3 Å². The predicted molar refractivity (Wildman–Crippen MR) is 94.8 cm³/mol. The summed E-state index contributed by atoms with van der Waals surface area (Å²) in [7, 11) is 1.64. The van der Waals surface area contributed by atoms with Gasteiger partial charge in [0.2, 0.25) is 0 Å². The molecule has 1 saturated heterocycles. The molecule has 1 heterocycles. The van der Waals surface area contributed by atoms with E-state index in [2.05, 4.69) is 0 Å². The fourth-order valence-corrected chi connectivity index (χ4v) is 3.97. The van der Waals surface area contributed by atoms with Gasteiger partial charge in [0.05, 0.1) is 19.0 Å². The van der Waals surface area contributed by atoms with Gasteiger partial charge in [0.25, 0.3) is 5.91 Å². The Balaban J connectivity index is 1.95. The SMILES string of the molecule is COc1ccc(-c2ccccc2C(=O)N2CSC[C@H]2CN)cc1. The molecule has 5 heteroatoms. The van der Waals surface area contributed by atoms with Crippen LogP contribution in [-0.2, 0) is 0 Å². The lowest BCUT2D eigenvalue weighted by Gasteiger charge is -2.23. The van der Waals surface area contributed by atoms with Gasteiger partial charge < -0.3 is 15.4 Å². The van der Waals surface area contributed by atoms with Crippen molar-refractivity contribution in [2.24, 2.45) is 5.73 Å². The van der Waals surface area contributed by atoms with Gasteiger partial charge in [0.1, 0.15) is 5.75 Å². The number of amides is 1. The molecule has 1 amide bonds. The zero-order valence-corrected chi connectivity index (χ0v) is 13.9. The second-order valence-electron chi connectivity index (χ2n) is 5.44. The van der Waals surface area contributed by atoms with Crippen molar-refractivity contribution in [3.63, 3.8) is 0 Å². The highest BCUT2D eigenvalue weighted by molar-refractivity contribution is 7.99. The fourth-order valence-electron chi connectivity index (χ4n) is 2.75. The minimum Gasteiger partial charge on any atom is -0.497 e. The Hall–Kier alpha value is -1.98. The average molecular weight is 328 g/mol. The van der Waals surface area contributed by atoms with Crippen LogP contribution in [-0.4, -0.2) is 42.1 Å². The summed E-state index contributed by atoms with van der Waals surface area (Å²) < 4.78 is 5.20. The van der Waals surface area contributed by atoms with E-state index < -0.39 is 0 Å². The van der Waals surface area contributed by atoms with E-state index in [0.29, 0.717) is 12.4 Å². The van der Waals surface area contributed by atoms with E-state index in [4.69, 9.17) is 10.5 Å². The van der Waals surface area contributed by atoms with E-state index in [-0.39, 0.29) is 11.9 Å². The van der Waals surface area contributed by atoms with Gasteiger partial charge >= 0.3 is 0 Å². The summed E-state index contributed by atoms with van der Waals surface area (Å²) in [6, 6.07) is 15.6. The summed E-state index contributed by atoms with van der Waals surface area (Å²) in [6.07, 6.45) is 0. The number of nitrogens with zero attached hydrogens (tertiary/aromatic N) is 1. The molecule has 1 aliphatic heterocycles. The van der Waals surface area contributed by atoms with Crippen LogP contribution in [0, 0.1) is 0 Å². The maximum absolute atomic E-state index is 13.0. The molecule has 0 bridgehead atoms. The molecule has 2 aromatic carbocycles. The van der Waals surface area contributed by atoms with E-state index in [1.165, 1.54) is 0 Å². The average Bonchev–Trinajstić information content (AvgIpc) is 3.10. The van der Waals surface area contributed by atoms with Gasteiger partial charge in [0.15, 0.2) is 0 Å². The molecular weight excluding hydrogens is 308 g/mol. The van der Waals surface area contributed by atoms with Crippen molar-refractivity contribution < 1.29 is 9.53 Å². The van der Waals surface area contributed by atoms with Gasteiger partial charge in [-0.2, -0.15) is 0 Å². The van der Waals surface area contributed by atoms with Crippen LogP contribution in [0.15, 0.2) is 48.5 Å². The molecule has 1 atom stereocenters. The van der Waals surface area contributed by atoms with E-state index in [9.17, 15) is 4.79 Å². The van der Waals surface area contributed by atoms with Crippen molar-refractivity contribution >= 4 is 17.7 Å². The number of rotatable bonds is 4. The normalized spacial score (nSPS) is 17.3. The van der Waals surface area contributed by atoms with Crippen LogP contribution in [0.4, 0.5) is 0 Å². The maximum atomic E-state index is 13.0. The minimum atomic E-state index is 0.0527. The monoisotopic (exact) mass is 328 g/mol. The highest BCUT2D eigenvalue weighted by Gasteiger charge is 2.29. The smallest absolute Gasteiger partial charge is 0.255 e. The zero-order chi connectivity index (χ0) is 16.2. The van der Waals surface area contributed by atoms with Gasteiger partial charge in [-0.05, 0) is 29.3 Å². The van der Waals surface area contributed by atoms with Gasteiger partial charge in [-0.15, -0.1) is 11.8 Å². The standard InChI is InChI=1S/C18H20N2O2S/c1-22-15-8-6-13(7-9-15)16-4-2-3-5-17(16)18(21)20-12-23-11-14(20)10-19/h2-9,14H,10-12,19H2,1H3/t14-/m1/s1. The maximum Gasteiger partial charge on any atom is 0.255 e. The summed E-state index contributed by atoms with van der Waals surface area (Å²) in [5.74, 6) is 2.47. The fraction of sp³-hybridized carbons (Fsp3) is 0.278. The lowest BCUT2D eigenvalue weighted by molar-refractivity contribution is 0.0753. The van der Waals surface area contributed by atoms with Crippen LogP contribution in [0.25, 0.3) is 11.1 Å². The Labute approximate surface area is 140 Å². The molecule has 0 saturated carbocycles. The van der Waals surface area contributed by atoms with E-state index in [1.54, 1.807) is 18.9 Å². The van der Waals surface area contributed by atoms with Crippen LogP contribution >= 0.6 is 11.8 Å². The molecule has 1 fully saturated rings. The van der Waals surface area contributed by atoms with Crippen LogP contribution < -0.4 is 10.5 Å². The van der Waals surface area contributed by atoms with Crippen molar-refractivity contribution in [1.29, 1.82) is 0 Å². The van der Waals surface area contributed by atoms with Crippen LogP contribution in [0.5, 0.6) is 5.75 Å². The van der Waals surface area contributed by atoms with E-state index in [1.807, 2.05) is 53.4 Å². The van der Waals surface area contributed by atoms with Crippen LogP contribution in [0.3, 0.4) is 0 Å². The molecule has 2 aromatic rings. The Kier molecular flexibility index (Phi) is 4.88. The second-order valence-corrected chi connectivity index (χ2v) is 6.44. The molecule has 0 radical (unpaired) electrons. The highest BCUT2D eigenvalue weighted by Crippen LogP contribution is 2.29. The molecule has 0 aliphatic carbocycles. The van der Waals surface area contributed by atoms with Crippen molar-refractivity contribution in [1.82, 2.24) is 4.90 Å². The van der Waals surface area contributed by atoms with Crippen molar-refractivity contribution in [3.8, 4) is 16.9 Å². The summed E-state index contributed by atoms with van der Waals surface area (Å²) in [4.78, 5) is 14.8. The topological polar surface area (TPSA) is 55.6 Å². The number of benzene rings is 2. The molecule has 23 heavy (non-hydrogen) atoms. The molecule has 2 N–H and O–H groups in total. The summed E-state index contributed by atoms with van der Waals surface area (Å²) >= 11 is 1.75. The number of methoxy groups -OCH3 is 1. The molecule has 4 nitrogen and oxygen atoms in total. The second kappa shape index (κ2) is 7.06. The van der Waals surface area contributed by atoms with Crippen molar-refractivity contribution in [2.45, 2.75) is 6.04 Å². The Bertz CT molecular complexity index is 688. The largest absolute Gasteiger partial charge is 0.497 e. The van der Waals surface area contributed by atoms with Crippen molar-refractivity contribution in [3.05, 3.63) is 54.1 Å². The first-order chi connectivity index (χ1) is 11.2. The Morgan fingerprint density at radius 3 is 2.70 bits per heavy atom. The number of ether oxygens (including phenoxy) is 1. The Morgan fingerprint density at radius 2 is 2.00 bits per heavy atom. The lowest BCUT2D eigenvalue weighted by atomic mass is 9.98. The summed E-state index contributed by atoms with van der Waals surface area (Å²) in [5.41, 5.74) is 8.46. The van der Waals surface area contributed by atoms with Gasteiger partial charge in [0, 0.05) is 17.9 Å². The third-order valence-corrected chi connectivity index (χ3v) is 5.15. The highest BCUT2D eigenvalue weighted by atomic mass is 32.2. The first kappa shape index (κ1) is 15.9. The first-order valence-electron chi connectivity index (χ1n) is 7.57. The van der Waals surface area contributed by atoms with Gasteiger partial charge in [-0.25, -0.2) is 0 Å². The predicted octanol–water partition coefficient (Wildman–Crippen LogP) is 2.84. The molecule has 0 spiro atoms. The minimum absolute atomic E-state index is 0.0527. The zero-order valence-electron chi connectivity index (χ0n) is 13.1. The number of hydrogen-bond donors (Lipinski definition) is 1. The molecule has 3 rings (SSSR count). The summed E-state index contributed by atoms with van der Waals surface area (Å²) in [5, 5.41) is 0. The molecular formula is C18H20N2O2S. The number of nitrogens with two attached hydrogens (primary N) is 1. The number of carbonyl (C=O) groups is 1. The number of carbonyl (C=O) groups excluding carboxylic acids is 1. The molecule has 1 aliphatic rings. The van der Waals surface area contributed by atoms with Crippen LogP contribution in [0.1, 0.15) is 10.4 Å². The van der Waals surface area contributed by atoms with Gasteiger partial charge in [-0.1, -0.05) is 30.3 Å². The number of hydrogen-bond acceptors (Lipinski definition) is 4. The molecule has 0 unspecified atom stereocenters. The molecule has 120 valence electrons. The third kappa shape index (κ3) is 3.21. The summed E-state index contributed by atoms with van der Waals surface area (Å²) in [6.45, 7) is 0.503. The van der Waals surface area contributed by atoms with E-state index in [0.717, 1.165) is 28.2 Å². The third-order valence-electron chi connectivity index (χ3n) is 4.07. The quantitative estimate of drug-likeness (QED) is 0.938. The van der Waals surface area contributed by atoms with Gasteiger partial charge in [-0.3, -0.25) is 4.79 Å². The lowest BCUT2D eigenvalue weighted by Crippen LogP contribution is -2.41. The Morgan fingerprint density at radius 1 is 1.26 bits per heavy atom.